The van der Waals surface area contributed by atoms with Crippen LogP contribution in [0.15, 0.2) is 5.38 Å². The van der Waals surface area contributed by atoms with Crippen molar-refractivity contribution >= 4 is 28.1 Å². The van der Waals surface area contributed by atoms with Crippen molar-refractivity contribution in [1.82, 2.24) is 4.98 Å². The van der Waals surface area contributed by atoms with Crippen LogP contribution in [0.25, 0.3) is 0 Å². The van der Waals surface area contributed by atoms with E-state index in [1.54, 1.807) is 11.3 Å². The summed E-state index contributed by atoms with van der Waals surface area (Å²) < 4.78 is 0. The molecule has 1 aromatic rings. The first-order chi connectivity index (χ1) is 6.25. The smallest absolute Gasteiger partial charge is 0.185 e. The van der Waals surface area contributed by atoms with Crippen LogP contribution in [0.4, 0.5) is 5.13 Å². The Morgan fingerprint density at radius 1 is 1.69 bits per heavy atom. The Morgan fingerprint density at radius 2 is 2.54 bits per heavy atom. The number of aromatic nitrogens is 1. The predicted molar refractivity (Wildman–Crippen MR) is 57.9 cm³/mol. The van der Waals surface area contributed by atoms with Gasteiger partial charge in [0.2, 0.25) is 0 Å². The van der Waals surface area contributed by atoms with E-state index in [9.17, 15) is 0 Å². The number of aryl methyl sites for hydroxylation is 1. The van der Waals surface area contributed by atoms with Crippen LogP contribution in [0.2, 0.25) is 0 Å². The van der Waals surface area contributed by atoms with Crippen molar-refractivity contribution in [1.29, 1.82) is 0 Å². The Bertz CT molecular complexity index is 287. The van der Waals surface area contributed by atoms with Crippen molar-refractivity contribution in [2.45, 2.75) is 25.1 Å². The first-order valence-corrected chi connectivity index (χ1v) is 5.88. The highest BCUT2D eigenvalue weighted by atomic mass is 35.5. The molecule has 0 aliphatic carbocycles. The Balaban J connectivity index is 2.08. The fourth-order valence-corrected chi connectivity index (χ4v) is 2.75. The van der Waals surface area contributed by atoms with E-state index in [0.29, 0.717) is 5.38 Å². The van der Waals surface area contributed by atoms with E-state index in [4.69, 9.17) is 11.6 Å². The van der Waals surface area contributed by atoms with Crippen LogP contribution in [0.1, 0.15) is 18.5 Å². The Labute approximate surface area is 87.5 Å². The van der Waals surface area contributed by atoms with E-state index in [1.807, 2.05) is 6.92 Å². The third-order valence-corrected chi connectivity index (χ3v) is 3.62. The molecular formula is C9H13ClN2S. The van der Waals surface area contributed by atoms with Gasteiger partial charge < -0.3 is 4.90 Å². The van der Waals surface area contributed by atoms with Crippen LogP contribution < -0.4 is 4.90 Å². The molecule has 0 aromatic carbocycles. The molecule has 72 valence electrons. The summed E-state index contributed by atoms with van der Waals surface area (Å²) in [5.74, 6) is 0. The molecule has 2 nitrogen and oxygen atoms in total. The lowest BCUT2D eigenvalue weighted by Crippen LogP contribution is -2.35. The molecule has 4 heteroatoms. The normalized spacial score (nSPS) is 23.5. The van der Waals surface area contributed by atoms with Gasteiger partial charge in [0.05, 0.1) is 11.1 Å². The van der Waals surface area contributed by atoms with Crippen LogP contribution in [-0.2, 0) is 0 Å². The molecule has 1 fully saturated rings. The SMILES string of the molecule is Cc1csc(N2CCCC(Cl)C2)n1. The molecule has 1 aliphatic heterocycles. The quantitative estimate of drug-likeness (QED) is 0.671. The van der Waals surface area contributed by atoms with E-state index in [1.165, 1.54) is 6.42 Å². The number of halogens is 1. The Hall–Kier alpha value is -0.280. The van der Waals surface area contributed by atoms with Crippen LogP contribution in [0.5, 0.6) is 0 Å². The second kappa shape index (κ2) is 3.84. The number of hydrogen-bond donors (Lipinski definition) is 0. The third-order valence-electron chi connectivity index (χ3n) is 2.24. The summed E-state index contributed by atoms with van der Waals surface area (Å²) in [7, 11) is 0. The van der Waals surface area contributed by atoms with Gasteiger partial charge in [-0.1, -0.05) is 0 Å². The fraction of sp³-hybridized carbons (Fsp3) is 0.667. The van der Waals surface area contributed by atoms with Crippen molar-refractivity contribution in [3.05, 3.63) is 11.1 Å². The summed E-state index contributed by atoms with van der Waals surface area (Å²) in [4.78, 5) is 6.75. The zero-order valence-electron chi connectivity index (χ0n) is 7.66. The minimum atomic E-state index is 0.304. The van der Waals surface area contributed by atoms with Gasteiger partial charge >= 0.3 is 0 Å². The van der Waals surface area contributed by atoms with Gasteiger partial charge in [0.25, 0.3) is 0 Å². The molecule has 0 amide bonds. The lowest BCUT2D eigenvalue weighted by atomic mass is 10.1. The molecule has 13 heavy (non-hydrogen) atoms. The molecule has 0 saturated carbocycles. The number of piperidine rings is 1. The molecule has 0 spiro atoms. The molecule has 1 atom stereocenters. The monoisotopic (exact) mass is 216 g/mol. The van der Waals surface area contributed by atoms with E-state index < -0.39 is 0 Å². The second-order valence-corrected chi connectivity index (χ2v) is 4.91. The van der Waals surface area contributed by atoms with Gasteiger partial charge in [-0.25, -0.2) is 4.98 Å². The summed E-state index contributed by atoms with van der Waals surface area (Å²) >= 11 is 7.82. The summed E-state index contributed by atoms with van der Waals surface area (Å²) in [6.45, 7) is 4.09. The molecule has 0 radical (unpaired) electrons. The maximum Gasteiger partial charge on any atom is 0.185 e. The third kappa shape index (κ3) is 2.15. The Morgan fingerprint density at radius 3 is 3.15 bits per heavy atom. The topological polar surface area (TPSA) is 16.1 Å². The predicted octanol–water partition coefficient (Wildman–Crippen LogP) is 2.66. The first kappa shape index (κ1) is 9.28. The summed E-state index contributed by atoms with van der Waals surface area (Å²) in [5, 5.41) is 3.52. The van der Waals surface area contributed by atoms with Crippen LogP contribution in [-0.4, -0.2) is 23.5 Å². The minimum Gasteiger partial charge on any atom is -0.347 e. The molecule has 0 N–H and O–H groups in total. The van der Waals surface area contributed by atoms with E-state index >= 15 is 0 Å². The largest absolute Gasteiger partial charge is 0.347 e. The van der Waals surface area contributed by atoms with Crippen molar-refractivity contribution < 1.29 is 0 Å². The Kier molecular flexibility index (Phi) is 2.74. The van der Waals surface area contributed by atoms with Gasteiger partial charge in [-0.2, -0.15) is 0 Å². The van der Waals surface area contributed by atoms with Gasteiger partial charge in [-0.05, 0) is 19.8 Å². The van der Waals surface area contributed by atoms with Crippen molar-refractivity contribution in [3.63, 3.8) is 0 Å². The number of anilines is 1. The van der Waals surface area contributed by atoms with Gasteiger partial charge in [0.15, 0.2) is 5.13 Å². The highest BCUT2D eigenvalue weighted by Crippen LogP contribution is 2.25. The van der Waals surface area contributed by atoms with E-state index in [2.05, 4.69) is 15.3 Å². The number of hydrogen-bond acceptors (Lipinski definition) is 3. The van der Waals surface area contributed by atoms with E-state index in [-0.39, 0.29) is 0 Å². The van der Waals surface area contributed by atoms with Gasteiger partial charge in [-0.3, -0.25) is 0 Å². The summed E-state index contributed by atoms with van der Waals surface area (Å²) in [6.07, 6.45) is 2.33. The van der Waals surface area contributed by atoms with Crippen LogP contribution in [0, 0.1) is 6.92 Å². The zero-order chi connectivity index (χ0) is 9.26. The number of alkyl halides is 1. The van der Waals surface area contributed by atoms with E-state index in [0.717, 1.165) is 30.3 Å². The zero-order valence-corrected chi connectivity index (χ0v) is 9.24. The van der Waals surface area contributed by atoms with Gasteiger partial charge in [0, 0.05) is 18.5 Å². The summed E-state index contributed by atoms with van der Waals surface area (Å²) in [5.41, 5.74) is 1.11. The van der Waals surface area contributed by atoms with Gasteiger partial charge in [0.1, 0.15) is 0 Å². The van der Waals surface area contributed by atoms with Crippen molar-refractivity contribution in [3.8, 4) is 0 Å². The molecule has 1 aromatic heterocycles. The van der Waals surface area contributed by atoms with Crippen molar-refractivity contribution in [2.75, 3.05) is 18.0 Å². The molecule has 1 aliphatic rings. The molecule has 0 bridgehead atoms. The van der Waals surface area contributed by atoms with Crippen LogP contribution >= 0.6 is 22.9 Å². The maximum absolute atomic E-state index is 6.10. The van der Waals surface area contributed by atoms with Crippen LogP contribution in [0.3, 0.4) is 0 Å². The highest BCUT2D eigenvalue weighted by Gasteiger charge is 2.19. The highest BCUT2D eigenvalue weighted by molar-refractivity contribution is 7.13. The number of thiazole rings is 1. The average molecular weight is 217 g/mol. The van der Waals surface area contributed by atoms with Crippen molar-refractivity contribution in [2.24, 2.45) is 0 Å². The standard InChI is InChI=1S/C9H13ClN2S/c1-7-6-13-9(11-7)12-4-2-3-8(10)5-12/h6,8H,2-5H2,1H3. The molecule has 2 rings (SSSR count). The summed E-state index contributed by atoms with van der Waals surface area (Å²) in [6, 6.07) is 0. The lowest BCUT2D eigenvalue weighted by Gasteiger charge is -2.29. The molecule has 1 saturated heterocycles. The average Bonchev–Trinajstić information content (AvgIpc) is 2.52. The number of rotatable bonds is 1. The minimum absolute atomic E-state index is 0.304. The molecular weight excluding hydrogens is 204 g/mol. The second-order valence-electron chi connectivity index (χ2n) is 3.46. The fourth-order valence-electron chi connectivity index (χ4n) is 1.59. The lowest BCUT2D eigenvalue weighted by molar-refractivity contribution is 0.583. The molecule has 2 heterocycles. The first-order valence-electron chi connectivity index (χ1n) is 4.57. The maximum atomic E-state index is 6.10. The van der Waals surface area contributed by atoms with Gasteiger partial charge in [-0.15, -0.1) is 22.9 Å². The number of nitrogens with zero attached hydrogens (tertiary/aromatic N) is 2. The molecule has 1 unspecified atom stereocenters.